The van der Waals surface area contributed by atoms with Gasteiger partial charge in [-0.2, -0.15) is 0 Å². The van der Waals surface area contributed by atoms with Gasteiger partial charge in [0.1, 0.15) is 17.4 Å². The predicted molar refractivity (Wildman–Crippen MR) is 68.6 cm³/mol. The first-order valence-electron chi connectivity index (χ1n) is 6.20. The van der Waals surface area contributed by atoms with Crippen LogP contribution >= 0.6 is 0 Å². The van der Waals surface area contributed by atoms with Crippen molar-refractivity contribution >= 4 is 5.78 Å². The third-order valence-corrected chi connectivity index (χ3v) is 3.75. The molecule has 0 saturated heterocycles. The minimum atomic E-state index is -0.892. The number of carbonyl (C=O) groups excluding carboxylic acids is 1. The Morgan fingerprint density at radius 1 is 1.44 bits per heavy atom. The standard InChI is InChI=1S/C14H19NO3/c1-15-14(9-5-7-11(16)13(14)17)10-6-3-4-8-12(10)18-2/h3-4,6,8,11,15-16H,5,7,9H2,1-2H3/t11-,14-/m1/s1. The second-order valence-electron chi connectivity index (χ2n) is 4.63. The molecular formula is C14H19NO3. The van der Waals surface area contributed by atoms with E-state index < -0.39 is 11.6 Å². The minimum Gasteiger partial charge on any atom is -0.496 e. The molecule has 1 fully saturated rings. The van der Waals surface area contributed by atoms with Crippen molar-refractivity contribution in [2.75, 3.05) is 14.2 Å². The lowest BCUT2D eigenvalue weighted by atomic mass is 9.74. The summed E-state index contributed by atoms with van der Waals surface area (Å²) in [5.41, 5.74) is -0.0247. The first-order valence-corrected chi connectivity index (χ1v) is 6.20. The van der Waals surface area contributed by atoms with E-state index in [2.05, 4.69) is 5.32 Å². The van der Waals surface area contributed by atoms with Gasteiger partial charge in [-0.1, -0.05) is 18.2 Å². The number of para-hydroxylation sites is 1. The van der Waals surface area contributed by atoms with Crippen LogP contribution in [0.1, 0.15) is 24.8 Å². The maximum atomic E-state index is 12.4. The maximum absolute atomic E-state index is 12.4. The van der Waals surface area contributed by atoms with Crippen molar-refractivity contribution in [1.82, 2.24) is 5.32 Å². The highest BCUT2D eigenvalue weighted by atomic mass is 16.5. The molecule has 0 radical (unpaired) electrons. The van der Waals surface area contributed by atoms with Gasteiger partial charge in [-0.3, -0.25) is 4.79 Å². The van der Waals surface area contributed by atoms with Crippen molar-refractivity contribution in [2.24, 2.45) is 0 Å². The topological polar surface area (TPSA) is 58.6 Å². The van der Waals surface area contributed by atoms with Crippen LogP contribution in [-0.4, -0.2) is 31.2 Å². The van der Waals surface area contributed by atoms with Crippen molar-refractivity contribution in [2.45, 2.75) is 30.9 Å². The van der Waals surface area contributed by atoms with E-state index in [0.29, 0.717) is 18.6 Å². The number of rotatable bonds is 3. The number of hydrogen-bond donors (Lipinski definition) is 2. The normalized spacial score (nSPS) is 28.2. The van der Waals surface area contributed by atoms with Crippen LogP contribution in [0.15, 0.2) is 24.3 Å². The SMILES string of the molecule is CN[C@@]1(c2ccccc2OC)CCC[C@@H](O)C1=O. The number of ether oxygens (including phenoxy) is 1. The molecule has 1 aliphatic carbocycles. The summed E-state index contributed by atoms with van der Waals surface area (Å²) in [6.45, 7) is 0. The lowest BCUT2D eigenvalue weighted by Crippen LogP contribution is -2.54. The van der Waals surface area contributed by atoms with Crippen molar-refractivity contribution in [1.29, 1.82) is 0 Å². The lowest BCUT2D eigenvalue weighted by molar-refractivity contribution is -0.137. The monoisotopic (exact) mass is 249 g/mol. The Hall–Kier alpha value is -1.39. The molecule has 4 heteroatoms. The molecule has 98 valence electrons. The average Bonchev–Trinajstić information content (AvgIpc) is 2.42. The number of ketones is 1. The van der Waals surface area contributed by atoms with Crippen molar-refractivity contribution in [3.63, 3.8) is 0 Å². The highest BCUT2D eigenvalue weighted by molar-refractivity contribution is 5.94. The van der Waals surface area contributed by atoms with Crippen molar-refractivity contribution in [3.05, 3.63) is 29.8 Å². The molecule has 2 atom stereocenters. The molecule has 1 aromatic rings. The number of carbonyl (C=O) groups is 1. The van der Waals surface area contributed by atoms with Crippen molar-refractivity contribution < 1.29 is 14.6 Å². The largest absolute Gasteiger partial charge is 0.496 e. The first kappa shape index (κ1) is 13.1. The van der Waals surface area contributed by atoms with E-state index in [4.69, 9.17) is 4.74 Å². The Kier molecular flexibility index (Phi) is 3.68. The fourth-order valence-corrected chi connectivity index (χ4v) is 2.75. The van der Waals surface area contributed by atoms with E-state index >= 15 is 0 Å². The maximum Gasteiger partial charge on any atom is 0.185 e. The van der Waals surface area contributed by atoms with Crippen LogP contribution in [-0.2, 0) is 10.3 Å². The Morgan fingerprint density at radius 2 is 2.17 bits per heavy atom. The number of aliphatic hydroxyl groups excluding tert-OH is 1. The van der Waals surface area contributed by atoms with Gasteiger partial charge in [-0.25, -0.2) is 0 Å². The zero-order chi connectivity index (χ0) is 13.2. The molecule has 0 bridgehead atoms. The Labute approximate surface area is 107 Å². The number of nitrogens with one attached hydrogen (secondary N) is 1. The zero-order valence-electron chi connectivity index (χ0n) is 10.8. The van der Waals surface area contributed by atoms with Gasteiger partial charge < -0.3 is 15.2 Å². The summed E-state index contributed by atoms with van der Waals surface area (Å²) in [7, 11) is 3.34. The molecular weight excluding hydrogens is 230 g/mol. The van der Waals surface area contributed by atoms with Crippen LogP contribution in [0.25, 0.3) is 0 Å². The number of benzene rings is 1. The fourth-order valence-electron chi connectivity index (χ4n) is 2.75. The molecule has 0 aromatic heterocycles. The van der Waals surface area contributed by atoms with E-state index in [1.54, 1.807) is 14.2 Å². The number of hydrogen-bond acceptors (Lipinski definition) is 4. The summed E-state index contributed by atoms with van der Waals surface area (Å²) >= 11 is 0. The number of Topliss-reactive ketones (excluding diaryl/α,β-unsaturated/α-hetero) is 1. The van der Waals surface area contributed by atoms with Crippen LogP contribution in [0.5, 0.6) is 5.75 Å². The lowest BCUT2D eigenvalue weighted by Gasteiger charge is -2.38. The highest BCUT2D eigenvalue weighted by Crippen LogP contribution is 2.38. The first-order chi connectivity index (χ1) is 8.65. The summed E-state index contributed by atoms with van der Waals surface area (Å²) in [4.78, 5) is 12.4. The van der Waals surface area contributed by atoms with Gasteiger partial charge in [0.15, 0.2) is 5.78 Å². The van der Waals surface area contributed by atoms with Gasteiger partial charge in [0.2, 0.25) is 0 Å². The third kappa shape index (κ3) is 1.91. The fraction of sp³-hybridized carbons (Fsp3) is 0.500. The molecule has 0 aliphatic heterocycles. The minimum absolute atomic E-state index is 0.166. The summed E-state index contributed by atoms with van der Waals surface area (Å²) in [6, 6.07) is 7.47. The molecule has 0 heterocycles. The summed E-state index contributed by atoms with van der Waals surface area (Å²) in [5, 5.41) is 12.9. The van der Waals surface area contributed by atoms with Crippen LogP contribution in [0, 0.1) is 0 Å². The van der Waals surface area contributed by atoms with Gasteiger partial charge in [0.25, 0.3) is 0 Å². The van der Waals surface area contributed by atoms with Crippen LogP contribution in [0.3, 0.4) is 0 Å². The van der Waals surface area contributed by atoms with Gasteiger partial charge in [0.05, 0.1) is 7.11 Å². The van der Waals surface area contributed by atoms with Gasteiger partial charge in [-0.05, 0) is 32.4 Å². The predicted octanol–water partition coefficient (Wildman–Crippen LogP) is 1.22. The number of methoxy groups -OCH3 is 1. The van der Waals surface area contributed by atoms with Gasteiger partial charge >= 0.3 is 0 Å². The van der Waals surface area contributed by atoms with E-state index in [-0.39, 0.29) is 5.78 Å². The Bertz CT molecular complexity index is 446. The third-order valence-electron chi connectivity index (χ3n) is 3.75. The number of aliphatic hydroxyl groups is 1. The molecule has 0 unspecified atom stereocenters. The molecule has 0 spiro atoms. The van der Waals surface area contributed by atoms with Crippen LogP contribution in [0.2, 0.25) is 0 Å². The molecule has 1 aliphatic rings. The Balaban J connectivity index is 2.52. The summed E-state index contributed by atoms with van der Waals surface area (Å²) in [6.07, 6.45) is 1.14. The molecule has 2 rings (SSSR count). The van der Waals surface area contributed by atoms with E-state index in [1.807, 2.05) is 24.3 Å². The quantitative estimate of drug-likeness (QED) is 0.845. The highest BCUT2D eigenvalue weighted by Gasteiger charge is 2.45. The molecule has 2 N–H and O–H groups in total. The molecule has 18 heavy (non-hydrogen) atoms. The molecule has 0 amide bonds. The summed E-state index contributed by atoms with van der Waals surface area (Å²) < 4.78 is 5.34. The van der Waals surface area contributed by atoms with Crippen LogP contribution < -0.4 is 10.1 Å². The van der Waals surface area contributed by atoms with Gasteiger partial charge in [0, 0.05) is 5.56 Å². The summed E-state index contributed by atoms with van der Waals surface area (Å²) in [5.74, 6) is 0.509. The number of likely N-dealkylation sites (N-methyl/N-ethyl adjacent to an activating group) is 1. The Morgan fingerprint density at radius 3 is 2.83 bits per heavy atom. The van der Waals surface area contributed by atoms with Crippen LogP contribution in [0.4, 0.5) is 0 Å². The second-order valence-corrected chi connectivity index (χ2v) is 4.63. The van der Waals surface area contributed by atoms with E-state index in [1.165, 1.54) is 0 Å². The smallest absolute Gasteiger partial charge is 0.185 e. The van der Waals surface area contributed by atoms with E-state index in [0.717, 1.165) is 12.0 Å². The van der Waals surface area contributed by atoms with Gasteiger partial charge in [-0.15, -0.1) is 0 Å². The van der Waals surface area contributed by atoms with E-state index in [9.17, 15) is 9.90 Å². The second kappa shape index (κ2) is 5.08. The van der Waals surface area contributed by atoms with Crippen molar-refractivity contribution in [3.8, 4) is 5.75 Å². The molecule has 4 nitrogen and oxygen atoms in total. The molecule has 1 aromatic carbocycles. The average molecular weight is 249 g/mol. The molecule has 1 saturated carbocycles. The zero-order valence-corrected chi connectivity index (χ0v) is 10.8.